The van der Waals surface area contributed by atoms with Gasteiger partial charge in [-0.25, -0.2) is 4.68 Å². The lowest BCUT2D eigenvalue weighted by molar-refractivity contribution is -0.126. The first kappa shape index (κ1) is 22.0. The third kappa shape index (κ3) is 4.50. The number of ether oxygens (including phenoxy) is 2. The molecule has 0 radical (unpaired) electrons. The number of carbonyl (C=O) groups is 1. The number of carbonyl (C=O) groups excluding carboxylic acids is 1. The second-order valence-corrected chi connectivity index (χ2v) is 8.11. The number of rotatable bonds is 6. The van der Waals surface area contributed by atoms with Crippen LogP contribution in [0.4, 0.5) is 0 Å². The molecule has 0 spiro atoms. The molecule has 2 heterocycles. The van der Waals surface area contributed by atoms with Gasteiger partial charge in [-0.3, -0.25) is 4.79 Å². The molecule has 166 valence electrons. The van der Waals surface area contributed by atoms with Crippen LogP contribution in [0.3, 0.4) is 0 Å². The minimum Gasteiger partial charge on any atom is -0.493 e. The highest BCUT2D eigenvalue weighted by molar-refractivity contribution is 6.31. The summed E-state index contributed by atoms with van der Waals surface area (Å²) in [5.74, 6) is 1.32. The van der Waals surface area contributed by atoms with E-state index in [0.29, 0.717) is 36.3 Å². The van der Waals surface area contributed by atoms with Crippen molar-refractivity contribution in [3.8, 4) is 11.5 Å². The van der Waals surface area contributed by atoms with Crippen molar-refractivity contribution in [1.29, 1.82) is 0 Å². The third-order valence-corrected chi connectivity index (χ3v) is 6.11. The Labute approximate surface area is 193 Å². The van der Waals surface area contributed by atoms with E-state index in [4.69, 9.17) is 21.1 Å². The Balaban J connectivity index is 1.48. The number of aromatic nitrogens is 2. The van der Waals surface area contributed by atoms with Gasteiger partial charge in [-0.15, -0.1) is 0 Å². The van der Waals surface area contributed by atoms with Crippen LogP contribution in [0.25, 0.3) is 6.08 Å². The van der Waals surface area contributed by atoms with E-state index in [0.717, 1.165) is 28.8 Å². The fourth-order valence-corrected chi connectivity index (χ4v) is 4.25. The lowest BCUT2D eigenvalue weighted by atomic mass is 9.98. The van der Waals surface area contributed by atoms with Crippen LogP contribution in [-0.2, 0) is 24.3 Å². The molecule has 4 rings (SSSR count). The van der Waals surface area contributed by atoms with Crippen molar-refractivity contribution in [3.63, 3.8) is 0 Å². The number of amides is 1. The first-order chi connectivity index (χ1) is 15.5. The molecule has 3 aromatic rings. The summed E-state index contributed by atoms with van der Waals surface area (Å²) in [6, 6.07) is 14.0. The van der Waals surface area contributed by atoms with Gasteiger partial charge in [-0.1, -0.05) is 41.9 Å². The highest BCUT2D eigenvalue weighted by Crippen LogP contribution is 2.33. The number of hydrogen-bond acceptors (Lipinski definition) is 4. The second kappa shape index (κ2) is 9.49. The van der Waals surface area contributed by atoms with Crippen molar-refractivity contribution in [1.82, 2.24) is 14.7 Å². The molecule has 32 heavy (non-hydrogen) atoms. The Morgan fingerprint density at radius 3 is 2.50 bits per heavy atom. The van der Waals surface area contributed by atoms with Crippen LogP contribution in [0.5, 0.6) is 11.5 Å². The summed E-state index contributed by atoms with van der Waals surface area (Å²) in [5.41, 5.74) is 4.91. The number of nitrogens with zero attached hydrogens (tertiary/aromatic N) is 3. The Kier molecular flexibility index (Phi) is 6.51. The van der Waals surface area contributed by atoms with E-state index < -0.39 is 0 Å². The van der Waals surface area contributed by atoms with E-state index in [1.807, 2.05) is 54.3 Å². The van der Waals surface area contributed by atoms with Gasteiger partial charge in [-0.05, 0) is 48.2 Å². The van der Waals surface area contributed by atoms with Crippen molar-refractivity contribution >= 4 is 23.6 Å². The Morgan fingerprint density at radius 1 is 1.12 bits per heavy atom. The van der Waals surface area contributed by atoms with E-state index in [1.54, 1.807) is 31.1 Å². The van der Waals surface area contributed by atoms with E-state index in [9.17, 15) is 4.79 Å². The summed E-state index contributed by atoms with van der Waals surface area (Å²) in [6.07, 6.45) is 4.11. The van der Waals surface area contributed by atoms with Crippen molar-refractivity contribution < 1.29 is 14.3 Å². The number of methoxy groups -OCH3 is 2. The zero-order valence-corrected chi connectivity index (χ0v) is 19.2. The van der Waals surface area contributed by atoms with Gasteiger partial charge < -0.3 is 14.4 Å². The van der Waals surface area contributed by atoms with Crippen molar-refractivity contribution in [2.75, 3.05) is 20.8 Å². The molecule has 7 heteroatoms. The van der Waals surface area contributed by atoms with Gasteiger partial charge in [-0.2, -0.15) is 5.10 Å². The summed E-state index contributed by atoms with van der Waals surface area (Å²) in [4.78, 5) is 14.7. The first-order valence-electron chi connectivity index (χ1n) is 10.5. The molecule has 0 N–H and O–H groups in total. The van der Waals surface area contributed by atoms with Gasteiger partial charge in [0.25, 0.3) is 0 Å². The van der Waals surface area contributed by atoms with Gasteiger partial charge in [0.05, 0.1) is 26.5 Å². The molecule has 0 aliphatic carbocycles. The van der Waals surface area contributed by atoms with Crippen LogP contribution in [0.15, 0.2) is 48.5 Å². The quantitative estimate of drug-likeness (QED) is 0.517. The third-order valence-electron chi connectivity index (χ3n) is 5.71. The molecule has 1 aromatic heterocycles. The number of halogens is 1. The number of aryl methyl sites for hydroxylation is 1. The number of hydrogen-bond donors (Lipinski definition) is 0. The predicted molar refractivity (Wildman–Crippen MR) is 125 cm³/mol. The van der Waals surface area contributed by atoms with Gasteiger partial charge in [0.15, 0.2) is 11.5 Å². The first-order valence-corrected chi connectivity index (χ1v) is 10.9. The maximum Gasteiger partial charge on any atom is 0.246 e. The van der Waals surface area contributed by atoms with E-state index in [1.165, 1.54) is 5.56 Å². The van der Waals surface area contributed by atoms with Crippen molar-refractivity contribution in [2.45, 2.75) is 26.4 Å². The molecule has 1 aliphatic heterocycles. The van der Waals surface area contributed by atoms with Crippen LogP contribution < -0.4 is 9.47 Å². The van der Waals surface area contributed by atoms with Crippen LogP contribution >= 0.6 is 11.6 Å². The van der Waals surface area contributed by atoms with E-state index in [2.05, 4.69) is 5.10 Å². The molecule has 0 unspecified atom stereocenters. The fraction of sp³-hybridized carbons (Fsp3) is 0.280. The average molecular weight is 452 g/mol. The normalized spacial score (nSPS) is 13.3. The molecule has 2 aromatic carbocycles. The summed E-state index contributed by atoms with van der Waals surface area (Å²) in [7, 11) is 3.24. The summed E-state index contributed by atoms with van der Waals surface area (Å²) < 4.78 is 12.6. The molecule has 1 aliphatic rings. The molecule has 0 saturated heterocycles. The second-order valence-electron chi connectivity index (χ2n) is 7.75. The molecular weight excluding hydrogens is 426 g/mol. The minimum atomic E-state index is -0.0586. The summed E-state index contributed by atoms with van der Waals surface area (Å²) in [6.45, 7) is 3.65. The zero-order valence-electron chi connectivity index (χ0n) is 18.5. The maximum absolute atomic E-state index is 12.9. The Morgan fingerprint density at radius 2 is 1.81 bits per heavy atom. The molecule has 1 amide bonds. The monoisotopic (exact) mass is 451 g/mol. The molecule has 0 fully saturated rings. The van der Waals surface area contributed by atoms with Crippen LogP contribution in [0.2, 0.25) is 5.15 Å². The van der Waals surface area contributed by atoms with Crippen LogP contribution in [0, 0.1) is 6.92 Å². The fourth-order valence-electron chi connectivity index (χ4n) is 3.95. The van der Waals surface area contributed by atoms with E-state index in [-0.39, 0.29) is 5.91 Å². The molecular formula is C25H26ClN3O3. The van der Waals surface area contributed by atoms with Crippen LogP contribution in [-0.4, -0.2) is 41.4 Å². The van der Waals surface area contributed by atoms with Crippen LogP contribution in [0.1, 0.15) is 27.9 Å². The predicted octanol–water partition coefficient (Wildman–Crippen LogP) is 4.51. The van der Waals surface area contributed by atoms with Gasteiger partial charge in [0.2, 0.25) is 5.91 Å². The lowest BCUT2D eigenvalue weighted by Crippen LogP contribution is -2.34. The van der Waals surface area contributed by atoms with Gasteiger partial charge >= 0.3 is 0 Å². The SMILES string of the molecule is COc1cc2c(cc1OC)CN(C(=O)/C=C/c1c(C)nn(Cc3ccccc3)c1Cl)CC2. The number of fused-ring (bicyclic) bond motifs is 1. The molecule has 0 bridgehead atoms. The summed E-state index contributed by atoms with van der Waals surface area (Å²) >= 11 is 6.58. The Bertz CT molecular complexity index is 1150. The van der Waals surface area contributed by atoms with Crippen molar-refractivity contribution in [2.24, 2.45) is 0 Å². The maximum atomic E-state index is 12.9. The average Bonchev–Trinajstić information content (AvgIpc) is 3.08. The highest BCUT2D eigenvalue weighted by atomic mass is 35.5. The minimum absolute atomic E-state index is 0.0586. The largest absolute Gasteiger partial charge is 0.493 e. The molecule has 0 saturated carbocycles. The zero-order chi connectivity index (χ0) is 22.7. The summed E-state index contributed by atoms with van der Waals surface area (Å²) in [5, 5.41) is 5.07. The lowest BCUT2D eigenvalue weighted by Gasteiger charge is -2.28. The van der Waals surface area contributed by atoms with Gasteiger partial charge in [0.1, 0.15) is 5.15 Å². The molecule has 6 nitrogen and oxygen atoms in total. The van der Waals surface area contributed by atoms with Gasteiger partial charge in [0, 0.05) is 24.7 Å². The highest BCUT2D eigenvalue weighted by Gasteiger charge is 2.22. The van der Waals surface area contributed by atoms with E-state index >= 15 is 0 Å². The molecule has 0 atom stereocenters. The Hall–Kier alpha value is -3.25. The smallest absolute Gasteiger partial charge is 0.246 e. The number of benzene rings is 2. The standard InChI is InChI=1S/C25H26ClN3O3/c1-17-21(25(26)29(27-17)15-18-7-5-4-6-8-18)9-10-24(30)28-12-11-19-13-22(31-2)23(32-3)14-20(19)16-28/h4-10,13-14H,11-12,15-16H2,1-3H3/b10-9+. The van der Waals surface area contributed by atoms with Crippen molar-refractivity contribution in [3.05, 3.63) is 81.6 Å². The topological polar surface area (TPSA) is 56.6 Å².